The fourth-order valence-corrected chi connectivity index (χ4v) is 4.99. The number of likely N-dealkylation sites (N-methyl/N-ethyl adjacent to an activating group) is 1. The Morgan fingerprint density at radius 3 is 2.44 bits per heavy atom. The molecule has 1 aliphatic rings. The highest BCUT2D eigenvalue weighted by molar-refractivity contribution is 7.93. The molecule has 3 rings (SSSR count). The van der Waals surface area contributed by atoms with Crippen LogP contribution in [0.3, 0.4) is 0 Å². The van der Waals surface area contributed by atoms with Gasteiger partial charge in [-0.25, -0.2) is 8.42 Å². The summed E-state index contributed by atoms with van der Waals surface area (Å²) in [5, 5.41) is 9.27. The molecule has 1 unspecified atom stereocenters. The van der Waals surface area contributed by atoms with Gasteiger partial charge in [0.05, 0.1) is 23.0 Å². The van der Waals surface area contributed by atoms with Gasteiger partial charge in [0, 0.05) is 6.54 Å². The number of carbonyl (C=O) groups is 1. The number of sulfonamides is 1. The van der Waals surface area contributed by atoms with Crippen LogP contribution in [-0.2, 0) is 14.8 Å². The van der Waals surface area contributed by atoms with E-state index in [9.17, 15) is 18.3 Å². The zero-order valence-corrected chi connectivity index (χ0v) is 16.0. The maximum absolute atomic E-state index is 13.0. The topological polar surface area (TPSA) is 87.2 Å². The van der Waals surface area contributed by atoms with Gasteiger partial charge in [-0.2, -0.15) is 0 Å². The summed E-state index contributed by atoms with van der Waals surface area (Å²) in [5.41, 5.74) is 0.920. The number of hydrogen-bond acceptors (Lipinski definition) is 5. The van der Waals surface area contributed by atoms with Crippen molar-refractivity contribution in [2.75, 3.05) is 31.6 Å². The molecule has 0 fully saturated rings. The first-order chi connectivity index (χ1) is 12.8. The third-order valence-corrected chi connectivity index (χ3v) is 6.28. The molecule has 0 amide bonds. The van der Waals surface area contributed by atoms with E-state index in [1.807, 2.05) is 19.0 Å². The van der Waals surface area contributed by atoms with Gasteiger partial charge in [-0.1, -0.05) is 18.2 Å². The van der Waals surface area contributed by atoms with Crippen LogP contribution in [0.15, 0.2) is 53.4 Å². The summed E-state index contributed by atoms with van der Waals surface area (Å²) in [5.74, 6) is -0.426. The van der Waals surface area contributed by atoms with Gasteiger partial charge in [0.15, 0.2) is 0 Å². The van der Waals surface area contributed by atoms with Crippen molar-refractivity contribution in [3.63, 3.8) is 0 Å². The standard InChI is InChI=1S/C19H22N2O5S/c1-20(2)11-12-26-15-9-7-14(8-10-15)21-17(13-19(22)23)16-5-3-4-6-18(16)27(21,24)25/h3-10,17H,11-13H2,1-2H3,(H,22,23). The van der Waals surface area contributed by atoms with Crippen LogP contribution < -0.4 is 9.04 Å². The molecule has 27 heavy (non-hydrogen) atoms. The molecule has 0 bridgehead atoms. The molecule has 1 heterocycles. The minimum atomic E-state index is -3.81. The lowest BCUT2D eigenvalue weighted by Gasteiger charge is -2.25. The summed E-state index contributed by atoms with van der Waals surface area (Å²) in [7, 11) is 0.0860. The molecule has 0 aliphatic carbocycles. The minimum absolute atomic E-state index is 0.155. The van der Waals surface area contributed by atoms with E-state index in [1.165, 1.54) is 10.4 Å². The van der Waals surface area contributed by atoms with Gasteiger partial charge < -0.3 is 14.7 Å². The quantitative estimate of drug-likeness (QED) is 0.781. The number of aliphatic carboxylic acids is 1. The Balaban J connectivity index is 1.91. The van der Waals surface area contributed by atoms with Crippen LogP contribution in [-0.4, -0.2) is 51.6 Å². The highest BCUT2D eigenvalue weighted by Crippen LogP contribution is 2.44. The molecule has 7 nitrogen and oxygen atoms in total. The van der Waals surface area contributed by atoms with Crippen LogP contribution in [0.1, 0.15) is 18.0 Å². The van der Waals surface area contributed by atoms with Gasteiger partial charge in [0.1, 0.15) is 12.4 Å². The predicted molar refractivity (Wildman–Crippen MR) is 102 cm³/mol. The number of anilines is 1. The molecule has 0 aromatic heterocycles. The second kappa shape index (κ2) is 7.58. The van der Waals surface area contributed by atoms with Crippen molar-refractivity contribution in [2.45, 2.75) is 17.4 Å². The molecule has 8 heteroatoms. The molecule has 2 aromatic carbocycles. The number of carboxylic acids is 1. The Bertz CT molecular complexity index is 925. The molecule has 2 aromatic rings. The number of benzene rings is 2. The SMILES string of the molecule is CN(C)CCOc1ccc(N2C(CC(=O)O)c3ccccc3S2(=O)=O)cc1. The molecule has 0 saturated heterocycles. The van der Waals surface area contributed by atoms with Gasteiger partial charge in [-0.15, -0.1) is 0 Å². The summed E-state index contributed by atoms with van der Waals surface area (Å²) in [6.07, 6.45) is -0.308. The van der Waals surface area contributed by atoms with E-state index in [0.717, 1.165) is 6.54 Å². The lowest BCUT2D eigenvalue weighted by molar-refractivity contribution is -0.137. The maximum Gasteiger partial charge on any atom is 0.305 e. The van der Waals surface area contributed by atoms with Gasteiger partial charge in [-0.3, -0.25) is 9.10 Å². The first-order valence-electron chi connectivity index (χ1n) is 8.53. The van der Waals surface area contributed by atoms with Crippen molar-refractivity contribution in [2.24, 2.45) is 0 Å². The Morgan fingerprint density at radius 2 is 1.81 bits per heavy atom. The Kier molecular flexibility index (Phi) is 5.38. The third-order valence-electron chi connectivity index (χ3n) is 4.36. The average Bonchev–Trinajstić information content (AvgIpc) is 2.83. The second-order valence-electron chi connectivity index (χ2n) is 6.60. The van der Waals surface area contributed by atoms with E-state index in [-0.39, 0.29) is 11.3 Å². The van der Waals surface area contributed by atoms with Crippen molar-refractivity contribution < 1.29 is 23.1 Å². The number of ether oxygens (including phenoxy) is 1. The van der Waals surface area contributed by atoms with Gasteiger partial charge in [0.2, 0.25) is 0 Å². The summed E-state index contributed by atoms with van der Waals surface area (Å²) in [4.78, 5) is 13.5. The normalized spacial score (nSPS) is 17.7. The van der Waals surface area contributed by atoms with E-state index in [1.54, 1.807) is 42.5 Å². The van der Waals surface area contributed by atoms with E-state index in [4.69, 9.17) is 4.74 Å². The van der Waals surface area contributed by atoms with E-state index < -0.39 is 22.0 Å². The van der Waals surface area contributed by atoms with Crippen molar-refractivity contribution >= 4 is 21.7 Å². The highest BCUT2D eigenvalue weighted by atomic mass is 32.2. The molecule has 0 radical (unpaired) electrons. The van der Waals surface area contributed by atoms with E-state index >= 15 is 0 Å². The van der Waals surface area contributed by atoms with Crippen molar-refractivity contribution in [3.05, 3.63) is 54.1 Å². The predicted octanol–water partition coefficient (Wildman–Crippen LogP) is 2.35. The first kappa shape index (κ1) is 19.2. The molecule has 1 aliphatic heterocycles. The second-order valence-corrected chi connectivity index (χ2v) is 8.38. The zero-order chi connectivity index (χ0) is 19.6. The lowest BCUT2D eigenvalue weighted by Crippen LogP contribution is -2.29. The number of hydrogen-bond donors (Lipinski definition) is 1. The number of nitrogens with zero attached hydrogens (tertiary/aromatic N) is 2. The van der Waals surface area contributed by atoms with Gasteiger partial charge in [0.25, 0.3) is 10.0 Å². The highest BCUT2D eigenvalue weighted by Gasteiger charge is 2.43. The summed E-state index contributed by atoms with van der Waals surface area (Å²) < 4.78 is 32.8. The van der Waals surface area contributed by atoms with Crippen molar-refractivity contribution in [1.82, 2.24) is 4.90 Å². The lowest BCUT2D eigenvalue weighted by atomic mass is 10.0. The molecule has 0 spiro atoms. The van der Waals surface area contributed by atoms with Crippen LogP contribution in [0.5, 0.6) is 5.75 Å². The Hall–Kier alpha value is -2.58. The van der Waals surface area contributed by atoms with E-state index in [0.29, 0.717) is 23.6 Å². The summed E-state index contributed by atoms with van der Waals surface area (Å²) in [6, 6.07) is 12.4. The number of rotatable bonds is 7. The summed E-state index contributed by atoms with van der Waals surface area (Å²) in [6.45, 7) is 1.28. The summed E-state index contributed by atoms with van der Waals surface area (Å²) >= 11 is 0. The fraction of sp³-hybridized carbons (Fsp3) is 0.316. The molecule has 144 valence electrons. The smallest absolute Gasteiger partial charge is 0.305 e. The van der Waals surface area contributed by atoms with Crippen LogP contribution in [0.2, 0.25) is 0 Å². The van der Waals surface area contributed by atoms with Crippen molar-refractivity contribution in [1.29, 1.82) is 0 Å². The third kappa shape index (κ3) is 3.91. The monoisotopic (exact) mass is 390 g/mol. The molecule has 1 atom stereocenters. The van der Waals surface area contributed by atoms with Crippen LogP contribution in [0.4, 0.5) is 5.69 Å². The molecule has 0 saturated carbocycles. The van der Waals surface area contributed by atoms with Gasteiger partial charge >= 0.3 is 5.97 Å². The van der Waals surface area contributed by atoms with Crippen LogP contribution in [0, 0.1) is 0 Å². The minimum Gasteiger partial charge on any atom is -0.492 e. The molecular formula is C19H22N2O5S. The van der Waals surface area contributed by atoms with Crippen LogP contribution in [0.25, 0.3) is 0 Å². The first-order valence-corrected chi connectivity index (χ1v) is 9.97. The molecular weight excluding hydrogens is 368 g/mol. The molecule has 1 N–H and O–H groups in total. The van der Waals surface area contributed by atoms with Gasteiger partial charge in [-0.05, 0) is 50.0 Å². The van der Waals surface area contributed by atoms with Crippen molar-refractivity contribution in [3.8, 4) is 5.75 Å². The zero-order valence-electron chi connectivity index (χ0n) is 15.2. The number of fused-ring (bicyclic) bond motifs is 1. The number of carboxylic acid groups (broad SMARTS) is 1. The Labute approximate surface area is 158 Å². The fourth-order valence-electron chi connectivity index (χ4n) is 3.10. The van der Waals surface area contributed by atoms with E-state index in [2.05, 4.69) is 0 Å². The Morgan fingerprint density at radius 1 is 1.15 bits per heavy atom. The average molecular weight is 390 g/mol. The van der Waals surface area contributed by atoms with Crippen LogP contribution >= 0.6 is 0 Å². The largest absolute Gasteiger partial charge is 0.492 e. The maximum atomic E-state index is 13.0.